The summed E-state index contributed by atoms with van der Waals surface area (Å²) in [6, 6.07) is 3.74. The second-order valence-electron chi connectivity index (χ2n) is 2.73. The summed E-state index contributed by atoms with van der Waals surface area (Å²) in [7, 11) is 0. The maximum Gasteiger partial charge on any atom is 0.0607 e. The number of aryl methyl sites for hydroxylation is 1. The Bertz CT molecular complexity index is 364. The Morgan fingerprint density at radius 1 is 1.62 bits per heavy atom. The lowest BCUT2D eigenvalue weighted by Gasteiger charge is -2.06. The van der Waals surface area contributed by atoms with Gasteiger partial charge in [-0.05, 0) is 19.1 Å². The van der Waals surface area contributed by atoms with E-state index in [-0.39, 0.29) is 0 Å². The van der Waals surface area contributed by atoms with Gasteiger partial charge in [0, 0.05) is 23.0 Å². The highest BCUT2D eigenvalue weighted by molar-refractivity contribution is 6.27. The molecule has 1 rings (SSSR count). The van der Waals surface area contributed by atoms with E-state index in [0.29, 0.717) is 11.3 Å². The Balaban J connectivity index is 3.09. The summed E-state index contributed by atoms with van der Waals surface area (Å²) in [5.74, 6) is 0. The SMILES string of the molecule is C=CC(=N)C(=C)c1cccnc1C. The monoisotopic (exact) mass is 172 g/mol. The summed E-state index contributed by atoms with van der Waals surface area (Å²) in [5, 5.41) is 7.53. The highest BCUT2D eigenvalue weighted by atomic mass is 14.7. The molecule has 0 amide bonds. The summed E-state index contributed by atoms with van der Waals surface area (Å²) >= 11 is 0. The van der Waals surface area contributed by atoms with E-state index in [4.69, 9.17) is 5.41 Å². The van der Waals surface area contributed by atoms with E-state index in [9.17, 15) is 0 Å². The van der Waals surface area contributed by atoms with Crippen LogP contribution in [0.25, 0.3) is 5.57 Å². The molecule has 0 spiro atoms. The second-order valence-corrected chi connectivity index (χ2v) is 2.73. The molecule has 2 heteroatoms. The average Bonchev–Trinajstić information content (AvgIpc) is 2.16. The third kappa shape index (κ3) is 1.90. The summed E-state index contributed by atoms with van der Waals surface area (Å²) in [6.07, 6.45) is 3.21. The molecule has 1 aromatic heterocycles. The van der Waals surface area contributed by atoms with Crippen molar-refractivity contribution >= 4 is 11.3 Å². The van der Waals surface area contributed by atoms with Crippen LogP contribution >= 0.6 is 0 Å². The van der Waals surface area contributed by atoms with Crippen molar-refractivity contribution in [3.05, 3.63) is 48.8 Å². The van der Waals surface area contributed by atoms with Crippen LogP contribution in [0.15, 0.2) is 37.6 Å². The van der Waals surface area contributed by atoms with Crippen LogP contribution in [0.3, 0.4) is 0 Å². The predicted octanol–water partition coefficient (Wildman–Crippen LogP) is 2.61. The first-order valence-electron chi connectivity index (χ1n) is 3.99. The fourth-order valence-corrected chi connectivity index (χ4v) is 1.07. The molecule has 1 N–H and O–H groups in total. The van der Waals surface area contributed by atoms with Gasteiger partial charge in [-0.1, -0.05) is 19.2 Å². The van der Waals surface area contributed by atoms with Gasteiger partial charge in [-0.3, -0.25) is 4.98 Å². The number of nitrogens with zero attached hydrogens (tertiary/aromatic N) is 1. The van der Waals surface area contributed by atoms with Crippen molar-refractivity contribution in [2.24, 2.45) is 0 Å². The van der Waals surface area contributed by atoms with Crippen LogP contribution < -0.4 is 0 Å². The molecule has 0 unspecified atom stereocenters. The minimum Gasteiger partial charge on any atom is -0.300 e. The van der Waals surface area contributed by atoms with Crippen molar-refractivity contribution in [2.75, 3.05) is 0 Å². The molecule has 0 aliphatic carbocycles. The van der Waals surface area contributed by atoms with Gasteiger partial charge in [0.2, 0.25) is 0 Å². The van der Waals surface area contributed by atoms with E-state index in [1.165, 1.54) is 6.08 Å². The van der Waals surface area contributed by atoms with E-state index in [0.717, 1.165) is 11.3 Å². The quantitative estimate of drug-likeness (QED) is 0.699. The van der Waals surface area contributed by atoms with Gasteiger partial charge < -0.3 is 5.41 Å². The van der Waals surface area contributed by atoms with Gasteiger partial charge in [-0.25, -0.2) is 0 Å². The van der Waals surface area contributed by atoms with Crippen LogP contribution in [-0.4, -0.2) is 10.7 Å². The molecule has 0 saturated heterocycles. The van der Waals surface area contributed by atoms with E-state index in [1.807, 2.05) is 19.1 Å². The zero-order valence-corrected chi connectivity index (χ0v) is 7.67. The Hall–Kier alpha value is -1.70. The molecule has 0 fully saturated rings. The molecule has 2 nitrogen and oxygen atoms in total. The van der Waals surface area contributed by atoms with Crippen LogP contribution in [0.1, 0.15) is 11.3 Å². The van der Waals surface area contributed by atoms with Gasteiger partial charge in [0.25, 0.3) is 0 Å². The largest absolute Gasteiger partial charge is 0.300 e. The summed E-state index contributed by atoms with van der Waals surface area (Å²) in [5.41, 5.74) is 2.81. The molecule has 0 aliphatic rings. The number of pyridine rings is 1. The molecule has 13 heavy (non-hydrogen) atoms. The third-order valence-corrected chi connectivity index (χ3v) is 1.86. The van der Waals surface area contributed by atoms with Crippen molar-refractivity contribution in [2.45, 2.75) is 6.92 Å². The molecule has 0 saturated carbocycles. The maximum absolute atomic E-state index is 7.53. The number of hydrogen-bond acceptors (Lipinski definition) is 2. The fourth-order valence-electron chi connectivity index (χ4n) is 1.07. The van der Waals surface area contributed by atoms with Crippen molar-refractivity contribution in [3.8, 4) is 0 Å². The zero-order valence-electron chi connectivity index (χ0n) is 7.67. The van der Waals surface area contributed by atoms with Crippen molar-refractivity contribution in [3.63, 3.8) is 0 Å². The lowest BCUT2D eigenvalue weighted by molar-refractivity contribution is 1.19. The predicted molar refractivity (Wildman–Crippen MR) is 55.9 cm³/mol. The van der Waals surface area contributed by atoms with E-state index in [2.05, 4.69) is 18.1 Å². The maximum atomic E-state index is 7.53. The van der Waals surface area contributed by atoms with E-state index >= 15 is 0 Å². The van der Waals surface area contributed by atoms with Gasteiger partial charge in [0.15, 0.2) is 0 Å². The standard InChI is InChI=1S/C11H12N2/c1-4-11(12)8(2)10-6-5-7-13-9(10)3/h4-7,12H,1-2H2,3H3. The van der Waals surface area contributed by atoms with E-state index in [1.54, 1.807) is 6.20 Å². The smallest absolute Gasteiger partial charge is 0.0607 e. The molecule has 66 valence electrons. The van der Waals surface area contributed by atoms with Crippen LogP contribution in [0, 0.1) is 12.3 Å². The van der Waals surface area contributed by atoms with Crippen molar-refractivity contribution in [1.82, 2.24) is 4.98 Å². The fraction of sp³-hybridized carbons (Fsp3) is 0.0909. The summed E-state index contributed by atoms with van der Waals surface area (Å²) in [6.45, 7) is 9.25. The molecule has 0 atom stereocenters. The first-order chi connectivity index (χ1) is 6.16. The lowest BCUT2D eigenvalue weighted by Crippen LogP contribution is -1.98. The van der Waals surface area contributed by atoms with Gasteiger partial charge >= 0.3 is 0 Å². The highest BCUT2D eigenvalue weighted by Crippen LogP contribution is 2.15. The Morgan fingerprint density at radius 2 is 2.31 bits per heavy atom. The number of aromatic nitrogens is 1. The Labute approximate surface area is 78.1 Å². The molecule has 0 aliphatic heterocycles. The molecule has 1 aromatic rings. The molecular weight excluding hydrogens is 160 g/mol. The minimum atomic E-state index is 0.344. The van der Waals surface area contributed by atoms with E-state index < -0.39 is 0 Å². The molecule has 0 radical (unpaired) electrons. The van der Waals surface area contributed by atoms with Crippen molar-refractivity contribution < 1.29 is 0 Å². The Morgan fingerprint density at radius 3 is 2.85 bits per heavy atom. The van der Waals surface area contributed by atoms with Crippen LogP contribution in [0.2, 0.25) is 0 Å². The average molecular weight is 172 g/mol. The minimum absolute atomic E-state index is 0.344. The zero-order chi connectivity index (χ0) is 9.84. The van der Waals surface area contributed by atoms with Gasteiger partial charge in [-0.15, -0.1) is 0 Å². The third-order valence-electron chi connectivity index (χ3n) is 1.86. The Kier molecular flexibility index (Phi) is 2.75. The van der Waals surface area contributed by atoms with Gasteiger partial charge in [-0.2, -0.15) is 0 Å². The molecule has 0 bridgehead atoms. The number of nitrogens with one attached hydrogen (secondary N) is 1. The number of allylic oxidation sites excluding steroid dienone is 2. The normalized spacial score (nSPS) is 9.31. The highest BCUT2D eigenvalue weighted by Gasteiger charge is 2.04. The molecule has 1 heterocycles. The van der Waals surface area contributed by atoms with Crippen molar-refractivity contribution in [1.29, 1.82) is 5.41 Å². The first-order valence-corrected chi connectivity index (χ1v) is 3.99. The lowest BCUT2D eigenvalue weighted by atomic mass is 10.0. The molecular formula is C11H12N2. The number of hydrogen-bond donors (Lipinski definition) is 1. The summed E-state index contributed by atoms with van der Waals surface area (Å²) < 4.78 is 0. The van der Waals surface area contributed by atoms with Crippen LogP contribution in [0.5, 0.6) is 0 Å². The topological polar surface area (TPSA) is 36.7 Å². The van der Waals surface area contributed by atoms with Crippen LogP contribution in [0.4, 0.5) is 0 Å². The van der Waals surface area contributed by atoms with Gasteiger partial charge in [0.05, 0.1) is 5.71 Å². The van der Waals surface area contributed by atoms with Gasteiger partial charge in [0.1, 0.15) is 0 Å². The first kappa shape index (κ1) is 9.39. The summed E-state index contributed by atoms with van der Waals surface area (Å²) in [4.78, 5) is 4.13. The van der Waals surface area contributed by atoms with Crippen LogP contribution in [-0.2, 0) is 0 Å². The molecule has 0 aromatic carbocycles. The number of rotatable bonds is 3. The second kappa shape index (κ2) is 3.81.